The third-order valence-electron chi connectivity index (χ3n) is 5.12. The molecule has 1 aliphatic rings. The Labute approximate surface area is 205 Å². The first-order chi connectivity index (χ1) is 16.3. The van der Waals surface area contributed by atoms with E-state index in [1.807, 2.05) is 24.3 Å². The van der Waals surface area contributed by atoms with Gasteiger partial charge in [0.2, 0.25) is 0 Å². The highest BCUT2D eigenvalue weighted by molar-refractivity contribution is 9.10. The topological polar surface area (TPSA) is 69.9 Å². The minimum absolute atomic E-state index is 0.0452. The molecule has 0 aliphatic carbocycles. The smallest absolute Gasteiger partial charge is 0.387 e. The van der Waals surface area contributed by atoms with Gasteiger partial charge in [-0.1, -0.05) is 57.6 Å². The molecular formula is C24H19BrF2N2O4S. The molecule has 0 amide bonds. The molecule has 0 bridgehead atoms. The number of carbonyl (C=O) groups excluding carboxylic acids is 1. The Morgan fingerprint density at radius 1 is 1.24 bits per heavy atom. The average Bonchev–Trinajstić information content (AvgIpc) is 3.09. The summed E-state index contributed by atoms with van der Waals surface area (Å²) in [4.78, 5) is 31.3. The Morgan fingerprint density at radius 2 is 1.94 bits per heavy atom. The molecule has 2 heterocycles. The van der Waals surface area contributed by atoms with Gasteiger partial charge in [0.25, 0.3) is 5.56 Å². The molecule has 0 N–H and O–H groups in total. The van der Waals surface area contributed by atoms with Gasteiger partial charge in [-0.3, -0.25) is 9.36 Å². The molecule has 4 rings (SSSR count). The van der Waals surface area contributed by atoms with Crippen LogP contribution in [0.5, 0.6) is 5.75 Å². The van der Waals surface area contributed by atoms with Gasteiger partial charge in [-0.15, -0.1) is 0 Å². The van der Waals surface area contributed by atoms with Gasteiger partial charge in [-0.25, -0.2) is 9.79 Å². The summed E-state index contributed by atoms with van der Waals surface area (Å²) in [6, 6.07) is 12.7. The Kier molecular flexibility index (Phi) is 7.08. The number of aromatic nitrogens is 1. The second-order valence-electron chi connectivity index (χ2n) is 7.27. The fraction of sp³-hybridized carbons (Fsp3) is 0.208. The summed E-state index contributed by atoms with van der Waals surface area (Å²) < 4.78 is 38.1. The first-order valence-corrected chi connectivity index (χ1v) is 11.9. The Bertz CT molecular complexity index is 1440. The van der Waals surface area contributed by atoms with E-state index < -0.39 is 24.2 Å². The van der Waals surface area contributed by atoms with Crippen molar-refractivity contribution in [2.24, 2.45) is 4.99 Å². The number of para-hydroxylation sites is 1. The molecule has 34 heavy (non-hydrogen) atoms. The summed E-state index contributed by atoms with van der Waals surface area (Å²) in [5, 5.41) is 0. The number of thiazole rings is 1. The lowest BCUT2D eigenvalue weighted by Gasteiger charge is -2.24. The Hall–Kier alpha value is -3.11. The molecule has 1 aromatic heterocycles. The molecule has 0 spiro atoms. The quantitative estimate of drug-likeness (QED) is 0.433. The highest BCUT2D eigenvalue weighted by Gasteiger charge is 2.33. The van der Waals surface area contributed by atoms with Gasteiger partial charge in [0.15, 0.2) is 4.80 Å². The summed E-state index contributed by atoms with van der Waals surface area (Å²) in [6.07, 6.45) is 1.49. The number of halogens is 3. The highest BCUT2D eigenvalue weighted by Crippen LogP contribution is 2.31. The van der Waals surface area contributed by atoms with Crippen molar-refractivity contribution in [3.05, 3.63) is 95.1 Å². The van der Waals surface area contributed by atoms with Crippen LogP contribution < -0.4 is 19.6 Å². The summed E-state index contributed by atoms with van der Waals surface area (Å²) >= 11 is 4.51. The minimum Gasteiger partial charge on any atom is -0.463 e. The normalized spacial score (nSPS) is 15.8. The van der Waals surface area contributed by atoms with Gasteiger partial charge >= 0.3 is 12.6 Å². The molecule has 0 saturated carbocycles. The Morgan fingerprint density at radius 3 is 2.62 bits per heavy atom. The van der Waals surface area contributed by atoms with Crippen LogP contribution in [0.1, 0.15) is 31.0 Å². The van der Waals surface area contributed by atoms with E-state index in [0.717, 1.165) is 15.8 Å². The van der Waals surface area contributed by atoms with Crippen molar-refractivity contribution in [2.45, 2.75) is 26.5 Å². The van der Waals surface area contributed by atoms with Gasteiger partial charge in [0, 0.05) is 10.0 Å². The van der Waals surface area contributed by atoms with Crippen LogP contribution in [0, 0.1) is 0 Å². The average molecular weight is 549 g/mol. The predicted molar refractivity (Wildman–Crippen MR) is 128 cm³/mol. The summed E-state index contributed by atoms with van der Waals surface area (Å²) in [7, 11) is 0. The number of hydrogen-bond donors (Lipinski definition) is 0. The van der Waals surface area contributed by atoms with E-state index in [2.05, 4.69) is 25.7 Å². The van der Waals surface area contributed by atoms with Crippen LogP contribution in [0.3, 0.4) is 0 Å². The van der Waals surface area contributed by atoms with Crippen LogP contribution in [0.4, 0.5) is 8.78 Å². The van der Waals surface area contributed by atoms with Crippen LogP contribution in [-0.4, -0.2) is 23.8 Å². The second-order valence-corrected chi connectivity index (χ2v) is 9.19. The number of esters is 1. The first-order valence-electron chi connectivity index (χ1n) is 10.3. The van der Waals surface area contributed by atoms with Crippen LogP contribution >= 0.6 is 27.3 Å². The van der Waals surface area contributed by atoms with Gasteiger partial charge in [-0.05, 0) is 43.7 Å². The molecule has 0 unspecified atom stereocenters. The summed E-state index contributed by atoms with van der Waals surface area (Å²) in [5.74, 6) is -0.599. The standard InChI is InChI=1S/C24H19BrF2N2O4S/c1-3-32-22(31)19-13(2)28-24-29(20(19)14-8-10-16(25)11-9-14)21(30)18(34-24)12-15-6-4-5-7-17(15)33-23(26)27/h4-12,20,23H,3H2,1-2H3/b18-12+/t20-/m1/s1. The van der Waals surface area contributed by atoms with Gasteiger partial charge < -0.3 is 9.47 Å². The third kappa shape index (κ3) is 4.74. The van der Waals surface area contributed by atoms with Crippen LogP contribution in [0.25, 0.3) is 6.08 Å². The van der Waals surface area contributed by atoms with Crippen molar-refractivity contribution in [1.29, 1.82) is 0 Å². The molecule has 176 valence electrons. The van der Waals surface area contributed by atoms with E-state index in [9.17, 15) is 18.4 Å². The van der Waals surface area contributed by atoms with E-state index in [1.165, 1.54) is 16.7 Å². The van der Waals surface area contributed by atoms with Crippen molar-refractivity contribution in [3.8, 4) is 5.75 Å². The fourth-order valence-corrected chi connectivity index (χ4v) is 5.00. The predicted octanol–water partition coefficient (Wildman–Crippen LogP) is 4.16. The van der Waals surface area contributed by atoms with E-state index in [1.54, 1.807) is 32.0 Å². The van der Waals surface area contributed by atoms with Crippen molar-refractivity contribution in [3.63, 3.8) is 0 Å². The van der Waals surface area contributed by atoms with Gasteiger partial charge in [0.1, 0.15) is 5.75 Å². The number of hydrogen-bond acceptors (Lipinski definition) is 6. The zero-order chi connectivity index (χ0) is 24.4. The van der Waals surface area contributed by atoms with E-state index in [0.29, 0.717) is 21.6 Å². The molecule has 0 saturated heterocycles. The maximum atomic E-state index is 13.5. The van der Waals surface area contributed by atoms with Crippen LogP contribution in [0.2, 0.25) is 0 Å². The SMILES string of the molecule is CCOC(=O)C1=C(C)N=c2s/c(=C/c3ccccc3OC(F)F)c(=O)n2[C@@H]1c1ccc(Br)cc1. The van der Waals surface area contributed by atoms with Crippen molar-refractivity contribution in [2.75, 3.05) is 6.61 Å². The second kappa shape index (κ2) is 10.0. The number of benzene rings is 2. The van der Waals surface area contributed by atoms with Crippen molar-refractivity contribution in [1.82, 2.24) is 4.57 Å². The monoisotopic (exact) mass is 548 g/mol. The van der Waals surface area contributed by atoms with Crippen LogP contribution in [0.15, 0.2) is 74.1 Å². The number of rotatable bonds is 6. The maximum absolute atomic E-state index is 13.5. The summed E-state index contributed by atoms with van der Waals surface area (Å²) in [5.41, 5.74) is 1.34. The van der Waals surface area contributed by atoms with E-state index in [-0.39, 0.29) is 22.5 Å². The largest absolute Gasteiger partial charge is 0.463 e. The number of nitrogens with zero attached hydrogens (tertiary/aromatic N) is 2. The molecule has 10 heteroatoms. The van der Waals surface area contributed by atoms with Gasteiger partial charge in [-0.2, -0.15) is 8.78 Å². The number of ether oxygens (including phenoxy) is 2. The number of fused-ring (bicyclic) bond motifs is 1. The highest BCUT2D eigenvalue weighted by atomic mass is 79.9. The lowest BCUT2D eigenvalue weighted by atomic mass is 9.96. The Balaban J connectivity index is 1.93. The zero-order valence-electron chi connectivity index (χ0n) is 18.1. The third-order valence-corrected chi connectivity index (χ3v) is 6.64. The first kappa shape index (κ1) is 24.0. The number of alkyl halides is 2. The molecule has 2 aromatic carbocycles. The molecule has 1 aliphatic heterocycles. The van der Waals surface area contributed by atoms with Crippen LogP contribution in [-0.2, 0) is 9.53 Å². The molecule has 0 radical (unpaired) electrons. The van der Waals surface area contributed by atoms with Crippen molar-refractivity contribution < 1.29 is 23.0 Å². The molecule has 0 fully saturated rings. The number of carbonyl (C=O) groups is 1. The lowest BCUT2D eigenvalue weighted by molar-refractivity contribution is -0.139. The summed E-state index contributed by atoms with van der Waals surface area (Å²) in [6.45, 7) is 0.578. The molecule has 1 atom stereocenters. The van der Waals surface area contributed by atoms with E-state index in [4.69, 9.17) is 4.74 Å². The zero-order valence-corrected chi connectivity index (χ0v) is 20.5. The molecule has 3 aromatic rings. The van der Waals surface area contributed by atoms with Crippen molar-refractivity contribution >= 4 is 39.3 Å². The maximum Gasteiger partial charge on any atom is 0.387 e. The molecule has 6 nitrogen and oxygen atoms in total. The number of allylic oxidation sites excluding steroid dienone is 1. The lowest BCUT2D eigenvalue weighted by Crippen LogP contribution is -2.39. The van der Waals surface area contributed by atoms with Gasteiger partial charge in [0.05, 0.1) is 28.5 Å². The molecular weight excluding hydrogens is 530 g/mol. The fourth-order valence-electron chi connectivity index (χ4n) is 3.70. The minimum atomic E-state index is -3.00. The van der Waals surface area contributed by atoms with E-state index >= 15 is 0 Å².